The molecule has 18 heavy (non-hydrogen) atoms. The van der Waals surface area contributed by atoms with E-state index in [1.165, 1.54) is 31.5 Å². The summed E-state index contributed by atoms with van der Waals surface area (Å²) in [6, 6.07) is 11.1. The Hall–Kier alpha value is -0.900. The topological polar surface area (TPSA) is 32.5 Å². The van der Waals surface area contributed by atoms with Crippen molar-refractivity contribution in [3.8, 4) is 0 Å². The van der Waals surface area contributed by atoms with Crippen LogP contribution in [0.25, 0.3) is 0 Å². The summed E-state index contributed by atoms with van der Waals surface area (Å²) < 4.78 is 0. The zero-order valence-corrected chi connectivity index (χ0v) is 11.4. The molecule has 100 valence electrons. The summed E-state index contributed by atoms with van der Waals surface area (Å²) in [6.07, 6.45) is 2.69. The molecule has 1 aromatic rings. The van der Waals surface area contributed by atoms with Crippen molar-refractivity contribution in [1.82, 2.24) is 9.80 Å². The first kappa shape index (κ1) is 13.5. The van der Waals surface area contributed by atoms with Crippen molar-refractivity contribution in [3.63, 3.8) is 0 Å². The molecule has 0 radical (unpaired) electrons. The minimum Gasteiger partial charge on any atom is -0.329 e. The molecule has 0 amide bonds. The molecule has 0 bridgehead atoms. The lowest BCUT2D eigenvalue weighted by Gasteiger charge is -2.30. The molecule has 1 fully saturated rings. The van der Waals surface area contributed by atoms with Gasteiger partial charge in [-0.1, -0.05) is 30.3 Å². The highest BCUT2D eigenvalue weighted by Gasteiger charge is 2.19. The van der Waals surface area contributed by atoms with Gasteiger partial charge in [0.15, 0.2) is 0 Å². The van der Waals surface area contributed by atoms with Crippen LogP contribution in [0.1, 0.15) is 18.4 Å². The highest BCUT2D eigenvalue weighted by molar-refractivity contribution is 5.14. The van der Waals surface area contributed by atoms with Crippen molar-refractivity contribution in [2.24, 2.45) is 5.73 Å². The van der Waals surface area contributed by atoms with Crippen LogP contribution in [0.5, 0.6) is 0 Å². The van der Waals surface area contributed by atoms with Crippen LogP contribution < -0.4 is 5.73 Å². The number of hydrogen-bond donors (Lipinski definition) is 1. The first-order valence-electron chi connectivity index (χ1n) is 6.96. The molecule has 0 spiro atoms. The maximum atomic E-state index is 5.94. The SMILES string of the molecule is CN(Cc1ccccc1)C(CN)CN1CCCC1. The number of nitrogens with zero attached hydrogens (tertiary/aromatic N) is 2. The Morgan fingerprint density at radius 3 is 2.50 bits per heavy atom. The van der Waals surface area contributed by atoms with Crippen LogP contribution >= 0.6 is 0 Å². The first-order chi connectivity index (χ1) is 8.79. The number of likely N-dealkylation sites (tertiary alicyclic amines) is 1. The van der Waals surface area contributed by atoms with Crippen LogP contribution in [0.15, 0.2) is 30.3 Å². The molecule has 1 heterocycles. The fraction of sp³-hybridized carbons (Fsp3) is 0.600. The van der Waals surface area contributed by atoms with Gasteiger partial charge in [-0.25, -0.2) is 0 Å². The number of nitrogens with two attached hydrogens (primary N) is 1. The molecule has 1 unspecified atom stereocenters. The van der Waals surface area contributed by atoms with E-state index in [1.54, 1.807) is 0 Å². The maximum Gasteiger partial charge on any atom is 0.0346 e. The zero-order valence-electron chi connectivity index (χ0n) is 11.4. The summed E-state index contributed by atoms with van der Waals surface area (Å²) in [5.41, 5.74) is 7.30. The van der Waals surface area contributed by atoms with Crippen LogP contribution in [-0.4, -0.2) is 49.1 Å². The summed E-state index contributed by atoms with van der Waals surface area (Å²) in [6.45, 7) is 5.32. The van der Waals surface area contributed by atoms with Gasteiger partial charge in [0.25, 0.3) is 0 Å². The van der Waals surface area contributed by atoms with E-state index in [0.29, 0.717) is 6.04 Å². The van der Waals surface area contributed by atoms with Gasteiger partial charge in [0.1, 0.15) is 0 Å². The number of benzene rings is 1. The van der Waals surface area contributed by atoms with E-state index in [1.807, 2.05) is 0 Å². The summed E-state index contributed by atoms with van der Waals surface area (Å²) in [5.74, 6) is 0. The minimum absolute atomic E-state index is 0.461. The van der Waals surface area contributed by atoms with Gasteiger partial charge in [0.2, 0.25) is 0 Å². The van der Waals surface area contributed by atoms with Crippen LogP contribution in [0.3, 0.4) is 0 Å². The summed E-state index contributed by atoms with van der Waals surface area (Å²) in [5, 5.41) is 0. The molecule has 3 heteroatoms. The molecule has 1 aromatic carbocycles. The largest absolute Gasteiger partial charge is 0.329 e. The maximum absolute atomic E-state index is 5.94. The molecule has 0 aliphatic carbocycles. The van der Waals surface area contributed by atoms with E-state index >= 15 is 0 Å². The van der Waals surface area contributed by atoms with Crippen molar-refractivity contribution < 1.29 is 0 Å². The summed E-state index contributed by atoms with van der Waals surface area (Å²) >= 11 is 0. The molecule has 3 nitrogen and oxygen atoms in total. The number of hydrogen-bond acceptors (Lipinski definition) is 3. The van der Waals surface area contributed by atoms with Crippen molar-refractivity contribution in [2.45, 2.75) is 25.4 Å². The van der Waals surface area contributed by atoms with Gasteiger partial charge in [0.05, 0.1) is 0 Å². The second kappa shape index (κ2) is 6.88. The van der Waals surface area contributed by atoms with E-state index in [2.05, 4.69) is 47.2 Å². The lowest BCUT2D eigenvalue weighted by molar-refractivity contribution is 0.178. The third-order valence-corrected chi connectivity index (χ3v) is 3.84. The molecule has 1 atom stereocenters. The highest BCUT2D eigenvalue weighted by atomic mass is 15.2. The molecule has 1 saturated heterocycles. The first-order valence-corrected chi connectivity index (χ1v) is 6.96. The Morgan fingerprint density at radius 2 is 1.89 bits per heavy atom. The average molecular weight is 247 g/mol. The quantitative estimate of drug-likeness (QED) is 0.827. The number of likely N-dealkylation sites (N-methyl/N-ethyl adjacent to an activating group) is 1. The van der Waals surface area contributed by atoms with Gasteiger partial charge in [-0.2, -0.15) is 0 Å². The van der Waals surface area contributed by atoms with E-state index in [4.69, 9.17) is 5.73 Å². The molecule has 0 saturated carbocycles. The van der Waals surface area contributed by atoms with Gasteiger partial charge in [0, 0.05) is 25.7 Å². The predicted octanol–water partition coefficient (Wildman–Crippen LogP) is 1.54. The van der Waals surface area contributed by atoms with Gasteiger partial charge in [-0.3, -0.25) is 4.90 Å². The smallest absolute Gasteiger partial charge is 0.0346 e. The van der Waals surface area contributed by atoms with Gasteiger partial charge >= 0.3 is 0 Å². The molecule has 2 N–H and O–H groups in total. The molecule has 2 rings (SSSR count). The van der Waals surface area contributed by atoms with Gasteiger partial charge in [-0.05, 0) is 38.5 Å². The van der Waals surface area contributed by atoms with E-state index < -0.39 is 0 Å². The lowest BCUT2D eigenvalue weighted by Crippen LogP contribution is -2.45. The molecule has 1 aliphatic rings. The third kappa shape index (κ3) is 3.80. The zero-order chi connectivity index (χ0) is 12.8. The Balaban J connectivity index is 1.86. The van der Waals surface area contributed by atoms with Crippen molar-refractivity contribution in [2.75, 3.05) is 33.2 Å². The van der Waals surface area contributed by atoms with E-state index in [9.17, 15) is 0 Å². The second-order valence-corrected chi connectivity index (χ2v) is 5.30. The standard InChI is InChI=1S/C15H25N3/c1-17(12-14-7-3-2-4-8-14)15(11-16)13-18-9-5-6-10-18/h2-4,7-8,15H,5-6,9-13,16H2,1H3. The third-order valence-electron chi connectivity index (χ3n) is 3.84. The van der Waals surface area contributed by atoms with Gasteiger partial charge in [-0.15, -0.1) is 0 Å². The lowest BCUT2D eigenvalue weighted by atomic mass is 10.1. The van der Waals surface area contributed by atoms with Crippen LogP contribution in [-0.2, 0) is 6.54 Å². The van der Waals surface area contributed by atoms with E-state index in [0.717, 1.165) is 19.6 Å². The van der Waals surface area contributed by atoms with Gasteiger partial charge < -0.3 is 10.6 Å². The summed E-state index contributed by atoms with van der Waals surface area (Å²) in [4.78, 5) is 4.92. The molecular formula is C15H25N3. The Labute approximate surface area is 111 Å². The van der Waals surface area contributed by atoms with E-state index in [-0.39, 0.29) is 0 Å². The van der Waals surface area contributed by atoms with Crippen LogP contribution in [0.4, 0.5) is 0 Å². The van der Waals surface area contributed by atoms with Crippen molar-refractivity contribution in [1.29, 1.82) is 0 Å². The molecule has 0 aromatic heterocycles. The molecule has 1 aliphatic heterocycles. The van der Waals surface area contributed by atoms with Crippen molar-refractivity contribution >= 4 is 0 Å². The predicted molar refractivity (Wildman–Crippen MR) is 76.4 cm³/mol. The second-order valence-electron chi connectivity index (χ2n) is 5.30. The summed E-state index contributed by atoms with van der Waals surface area (Å²) in [7, 11) is 2.18. The highest BCUT2D eigenvalue weighted by Crippen LogP contribution is 2.11. The Morgan fingerprint density at radius 1 is 1.22 bits per heavy atom. The number of rotatable bonds is 6. The van der Waals surface area contributed by atoms with Crippen molar-refractivity contribution in [3.05, 3.63) is 35.9 Å². The van der Waals surface area contributed by atoms with Crippen LogP contribution in [0, 0.1) is 0 Å². The normalized spacial score (nSPS) is 18.4. The van der Waals surface area contributed by atoms with Crippen LogP contribution in [0.2, 0.25) is 0 Å². The average Bonchev–Trinajstić information content (AvgIpc) is 2.90. The minimum atomic E-state index is 0.461. The fourth-order valence-corrected chi connectivity index (χ4v) is 2.66. The Bertz CT molecular complexity index is 333. The fourth-order valence-electron chi connectivity index (χ4n) is 2.66. The molecular weight excluding hydrogens is 222 g/mol. The monoisotopic (exact) mass is 247 g/mol. The Kier molecular flexibility index (Phi) is 5.17.